The van der Waals surface area contributed by atoms with Crippen molar-refractivity contribution in [3.63, 3.8) is 0 Å². The highest BCUT2D eigenvalue weighted by Crippen LogP contribution is 2.14. The molecule has 0 atom stereocenters. The van der Waals surface area contributed by atoms with Gasteiger partial charge in [0.25, 0.3) is 0 Å². The Balaban J connectivity index is 2.81. The summed E-state index contributed by atoms with van der Waals surface area (Å²) in [5.41, 5.74) is 5.46. The average molecular weight is 197 g/mol. The summed E-state index contributed by atoms with van der Waals surface area (Å²) in [5.74, 6) is 0.120. The van der Waals surface area contributed by atoms with E-state index in [1.165, 1.54) is 6.07 Å². The van der Waals surface area contributed by atoms with Gasteiger partial charge in [0.05, 0.1) is 0 Å². The van der Waals surface area contributed by atoms with Crippen molar-refractivity contribution in [2.24, 2.45) is 5.73 Å². The van der Waals surface area contributed by atoms with Crippen molar-refractivity contribution < 1.29 is 4.39 Å². The normalized spacial score (nSPS) is 10.2. The molecule has 0 unspecified atom stereocenters. The Morgan fingerprint density at radius 3 is 2.86 bits per heavy atom. The Hall–Kier alpha value is -1.16. The Bertz CT molecular complexity index is 272. The number of aromatic nitrogens is 1. The van der Waals surface area contributed by atoms with E-state index in [0.717, 1.165) is 13.0 Å². The number of nitrogens with two attached hydrogens (primary N) is 1. The fourth-order valence-corrected chi connectivity index (χ4v) is 1.36. The summed E-state index contributed by atoms with van der Waals surface area (Å²) in [4.78, 5) is 5.88. The number of anilines is 1. The Labute approximate surface area is 83.7 Å². The van der Waals surface area contributed by atoms with Crippen molar-refractivity contribution in [2.75, 3.05) is 24.5 Å². The molecule has 0 fully saturated rings. The van der Waals surface area contributed by atoms with Gasteiger partial charge in [-0.15, -0.1) is 0 Å². The number of pyridine rings is 1. The van der Waals surface area contributed by atoms with E-state index >= 15 is 0 Å². The van der Waals surface area contributed by atoms with E-state index in [0.29, 0.717) is 18.9 Å². The molecule has 0 saturated carbocycles. The molecule has 0 saturated heterocycles. The van der Waals surface area contributed by atoms with Crippen LogP contribution >= 0.6 is 0 Å². The van der Waals surface area contributed by atoms with Gasteiger partial charge in [-0.1, -0.05) is 6.92 Å². The van der Waals surface area contributed by atoms with E-state index in [-0.39, 0.29) is 5.82 Å². The van der Waals surface area contributed by atoms with Crippen LogP contribution in [-0.4, -0.2) is 24.6 Å². The molecule has 2 N–H and O–H groups in total. The predicted molar refractivity (Wildman–Crippen MR) is 55.8 cm³/mol. The third-order valence-corrected chi connectivity index (χ3v) is 1.93. The van der Waals surface area contributed by atoms with Gasteiger partial charge in [0.2, 0.25) is 0 Å². The van der Waals surface area contributed by atoms with E-state index < -0.39 is 0 Å². The van der Waals surface area contributed by atoms with Crippen molar-refractivity contribution >= 4 is 5.82 Å². The number of halogens is 1. The van der Waals surface area contributed by atoms with Crippen molar-refractivity contribution in [1.29, 1.82) is 0 Å². The summed E-state index contributed by atoms with van der Waals surface area (Å²) < 4.78 is 13.3. The van der Waals surface area contributed by atoms with Crippen LogP contribution < -0.4 is 10.6 Å². The van der Waals surface area contributed by atoms with Gasteiger partial charge >= 0.3 is 0 Å². The number of hydrogen-bond acceptors (Lipinski definition) is 3. The summed E-state index contributed by atoms with van der Waals surface area (Å²) in [7, 11) is 0. The first-order valence-electron chi connectivity index (χ1n) is 4.85. The van der Waals surface area contributed by atoms with Crippen LogP contribution in [-0.2, 0) is 0 Å². The molecule has 0 spiro atoms. The zero-order valence-corrected chi connectivity index (χ0v) is 8.41. The molecule has 3 nitrogen and oxygen atoms in total. The smallest absolute Gasteiger partial charge is 0.165 e. The molecular weight excluding hydrogens is 181 g/mol. The highest BCUT2D eigenvalue weighted by molar-refractivity contribution is 5.39. The molecule has 4 heteroatoms. The number of hydrogen-bond donors (Lipinski definition) is 1. The SMILES string of the molecule is CCCN(CCN)c1ncccc1F. The van der Waals surface area contributed by atoms with Crippen LogP contribution in [0.1, 0.15) is 13.3 Å². The third kappa shape index (κ3) is 2.67. The van der Waals surface area contributed by atoms with Gasteiger partial charge < -0.3 is 10.6 Å². The zero-order valence-electron chi connectivity index (χ0n) is 8.41. The molecule has 0 bridgehead atoms. The lowest BCUT2D eigenvalue weighted by Crippen LogP contribution is -2.31. The second kappa shape index (κ2) is 5.54. The van der Waals surface area contributed by atoms with Crippen LogP contribution in [0.4, 0.5) is 10.2 Å². The topological polar surface area (TPSA) is 42.1 Å². The van der Waals surface area contributed by atoms with Gasteiger partial charge in [-0.3, -0.25) is 0 Å². The highest BCUT2D eigenvalue weighted by atomic mass is 19.1. The van der Waals surface area contributed by atoms with Gasteiger partial charge in [-0.25, -0.2) is 9.37 Å². The molecule has 0 aliphatic heterocycles. The molecule has 0 aliphatic carbocycles. The largest absolute Gasteiger partial charge is 0.353 e. The summed E-state index contributed by atoms with van der Waals surface area (Å²) in [6, 6.07) is 3.01. The van der Waals surface area contributed by atoms with Crippen LogP contribution in [0.15, 0.2) is 18.3 Å². The van der Waals surface area contributed by atoms with Crippen LogP contribution in [0.2, 0.25) is 0 Å². The van der Waals surface area contributed by atoms with Gasteiger partial charge in [-0.05, 0) is 18.6 Å². The van der Waals surface area contributed by atoms with E-state index in [2.05, 4.69) is 4.98 Å². The van der Waals surface area contributed by atoms with Crippen LogP contribution in [0.25, 0.3) is 0 Å². The lowest BCUT2D eigenvalue weighted by atomic mass is 10.3. The van der Waals surface area contributed by atoms with Crippen molar-refractivity contribution in [1.82, 2.24) is 4.98 Å². The minimum absolute atomic E-state index is 0.283. The minimum Gasteiger partial charge on any atom is -0.353 e. The van der Waals surface area contributed by atoms with Crippen molar-refractivity contribution in [3.8, 4) is 0 Å². The second-order valence-corrected chi connectivity index (χ2v) is 3.08. The molecule has 1 aromatic heterocycles. The maximum absolute atomic E-state index is 13.3. The summed E-state index contributed by atoms with van der Waals surface area (Å²) >= 11 is 0. The molecular formula is C10H16FN3. The lowest BCUT2D eigenvalue weighted by Gasteiger charge is -2.22. The van der Waals surface area contributed by atoms with Gasteiger partial charge in [0.15, 0.2) is 11.6 Å². The molecule has 1 aromatic rings. The zero-order chi connectivity index (χ0) is 10.4. The summed E-state index contributed by atoms with van der Waals surface area (Å²) in [5, 5.41) is 0. The van der Waals surface area contributed by atoms with Gasteiger partial charge in [0.1, 0.15) is 0 Å². The maximum Gasteiger partial charge on any atom is 0.165 e. The highest BCUT2D eigenvalue weighted by Gasteiger charge is 2.10. The quantitative estimate of drug-likeness (QED) is 0.775. The first-order chi connectivity index (χ1) is 6.79. The van der Waals surface area contributed by atoms with Crippen LogP contribution in [0, 0.1) is 5.82 Å². The average Bonchev–Trinajstić information content (AvgIpc) is 2.18. The van der Waals surface area contributed by atoms with Gasteiger partial charge in [-0.2, -0.15) is 0 Å². The Morgan fingerprint density at radius 2 is 2.29 bits per heavy atom. The molecule has 78 valence electrons. The van der Waals surface area contributed by atoms with E-state index in [1.54, 1.807) is 12.3 Å². The lowest BCUT2D eigenvalue weighted by molar-refractivity contribution is 0.606. The Morgan fingerprint density at radius 1 is 1.50 bits per heavy atom. The summed E-state index contributed by atoms with van der Waals surface area (Å²) in [6.07, 6.45) is 2.55. The van der Waals surface area contributed by atoms with E-state index in [9.17, 15) is 4.39 Å². The predicted octanol–water partition coefficient (Wildman–Crippen LogP) is 1.40. The Kier molecular flexibility index (Phi) is 4.32. The van der Waals surface area contributed by atoms with Crippen LogP contribution in [0.5, 0.6) is 0 Å². The first kappa shape index (κ1) is 10.9. The van der Waals surface area contributed by atoms with Crippen LogP contribution in [0.3, 0.4) is 0 Å². The molecule has 0 aromatic carbocycles. The summed E-state index contributed by atoms with van der Waals surface area (Å²) in [6.45, 7) is 3.98. The maximum atomic E-state index is 13.3. The van der Waals surface area contributed by atoms with Crippen molar-refractivity contribution in [2.45, 2.75) is 13.3 Å². The molecule has 14 heavy (non-hydrogen) atoms. The number of nitrogens with zero attached hydrogens (tertiary/aromatic N) is 2. The second-order valence-electron chi connectivity index (χ2n) is 3.08. The van der Waals surface area contributed by atoms with Crippen molar-refractivity contribution in [3.05, 3.63) is 24.1 Å². The molecule has 0 amide bonds. The molecule has 0 radical (unpaired) electrons. The number of rotatable bonds is 5. The third-order valence-electron chi connectivity index (χ3n) is 1.93. The van der Waals surface area contributed by atoms with E-state index in [4.69, 9.17) is 5.73 Å². The minimum atomic E-state index is -0.283. The fourth-order valence-electron chi connectivity index (χ4n) is 1.36. The first-order valence-corrected chi connectivity index (χ1v) is 4.85. The molecule has 1 heterocycles. The molecule has 0 aliphatic rings. The standard InChI is InChI=1S/C10H16FN3/c1-2-7-14(8-5-12)10-9(11)4-3-6-13-10/h3-4,6H,2,5,7-8,12H2,1H3. The fraction of sp³-hybridized carbons (Fsp3) is 0.500. The monoisotopic (exact) mass is 197 g/mol. The van der Waals surface area contributed by atoms with Gasteiger partial charge in [0, 0.05) is 25.8 Å². The molecule has 1 rings (SSSR count). The van der Waals surface area contributed by atoms with E-state index in [1.807, 2.05) is 11.8 Å².